The zero-order valence-electron chi connectivity index (χ0n) is 25.9. The first-order valence-electron chi connectivity index (χ1n) is 14.4. The Balaban J connectivity index is 0.000000551. The molecule has 0 saturated carbocycles. The monoisotopic (exact) mass is 538 g/mol. The molecule has 0 N–H and O–H groups in total. The van der Waals surface area contributed by atoms with Crippen LogP contribution in [0.4, 0.5) is 0 Å². The summed E-state index contributed by atoms with van der Waals surface area (Å²) in [6.45, 7) is 21.4. The number of hydrogen-bond donors (Lipinski definition) is 0. The average Bonchev–Trinajstić information content (AvgIpc) is 3.38. The van der Waals surface area contributed by atoms with E-state index in [1.54, 1.807) is 17.8 Å². The molecule has 38 heavy (non-hydrogen) atoms. The molecule has 2 nitrogen and oxygen atoms in total. The van der Waals surface area contributed by atoms with Crippen molar-refractivity contribution in [1.82, 2.24) is 0 Å². The lowest BCUT2D eigenvalue weighted by Gasteiger charge is -2.16. The predicted octanol–water partition coefficient (Wildman–Crippen LogP) is 11.7. The van der Waals surface area contributed by atoms with E-state index in [-0.39, 0.29) is 5.78 Å². The van der Waals surface area contributed by atoms with E-state index in [0.29, 0.717) is 5.76 Å². The van der Waals surface area contributed by atoms with Crippen molar-refractivity contribution in [2.24, 2.45) is 11.8 Å². The van der Waals surface area contributed by atoms with Crippen LogP contribution in [0.2, 0.25) is 0 Å². The summed E-state index contributed by atoms with van der Waals surface area (Å²) in [5.74, 6) is 3.84. The van der Waals surface area contributed by atoms with Crippen LogP contribution in [0.5, 0.6) is 0 Å². The van der Waals surface area contributed by atoms with Crippen molar-refractivity contribution in [3.05, 3.63) is 88.9 Å². The number of furan rings is 1. The van der Waals surface area contributed by atoms with Crippen molar-refractivity contribution in [2.75, 3.05) is 0 Å². The Morgan fingerprint density at radius 1 is 0.763 bits per heavy atom. The van der Waals surface area contributed by atoms with Gasteiger partial charge in [-0.15, -0.1) is 11.8 Å². The molecule has 1 aromatic heterocycles. The molecule has 0 bridgehead atoms. The molecule has 0 spiro atoms. The fraction of sp³-hybridized carbons (Fsp3) is 0.514. The Hall–Kier alpha value is -2.26. The van der Waals surface area contributed by atoms with Crippen LogP contribution < -0.4 is 0 Å². The highest BCUT2D eigenvalue weighted by Gasteiger charge is 2.07. The topological polar surface area (TPSA) is 30.2 Å². The fourth-order valence-corrected chi connectivity index (χ4v) is 4.18. The number of thioether (sulfide) groups is 1. The molecule has 0 fully saturated rings. The van der Waals surface area contributed by atoms with Crippen LogP contribution in [0.1, 0.15) is 114 Å². The summed E-state index contributed by atoms with van der Waals surface area (Å²) in [6.07, 6.45) is 6.71. The van der Waals surface area contributed by atoms with E-state index >= 15 is 0 Å². The molecular weight excluding hydrogens is 484 g/mol. The van der Waals surface area contributed by atoms with Crippen LogP contribution in [0, 0.1) is 32.6 Å². The van der Waals surface area contributed by atoms with Gasteiger partial charge in [-0.1, -0.05) is 127 Å². The van der Waals surface area contributed by atoms with Crippen LogP contribution in [0.3, 0.4) is 0 Å². The van der Waals surface area contributed by atoms with Gasteiger partial charge in [0.25, 0.3) is 0 Å². The van der Waals surface area contributed by atoms with Gasteiger partial charge >= 0.3 is 0 Å². The van der Waals surface area contributed by atoms with Crippen LogP contribution in [0.25, 0.3) is 0 Å². The number of unbranched alkanes of at least 4 members (excludes halogenated alkanes) is 1. The third kappa shape index (κ3) is 17.3. The average molecular weight is 539 g/mol. The van der Waals surface area contributed by atoms with Gasteiger partial charge < -0.3 is 4.42 Å². The van der Waals surface area contributed by atoms with Crippen molar-refractivity contribution >= 4 is 17.5 Å². The first kappa shape index (κ1) is 35.7. The van der Waals surface area contributed by atoms with E-state index in [2.05, 4.69) is 111 Å². The molecular formula is C35H54O2S. The minimum Gasteiger partial charge on any atom is -0.457 e. The maximum atomic E-state index is 11.1. The largest absolute Gasteiger partial charge is 0.457 e. The maximum absolute atomic E-state index is 11.1. The molecule has 2 aromatic carbocycles. The molecule has 0 radical (unpaired) electrons. The van der Waals surface area contributed by atoms with Gasteiger partial charge in [0.15, 0.2) is 11.5 Å². The Kier molecular flexibility index (Phi) is 20.4. The van der Waals surface area contributed by atoms with E-state index in [0.717, 1.165) is 23.3 Å². The number of Topliss-reactive ketones (excluding diaryl/α,β-unsaturated/α-hetero) is 1. The van der Waals surface area contributed by atoms with Crippen LogP contribution in [0.15, 0.2) is 70.0 Å². The SMILES string of the molecule is CC(=O)c1ccc(CSc2ccc(C)cc2)o1.CCCC.CCCC(C)C(C)CC.Cc1cccc(C)c1. The Morgan fingerprint density at radius 2 is 1.34 bits per heavy atom. The summed E-state index contributed by atoms with van der Waals surface area (Å²) in [6, 6.07) is 20.4. The zero-order chi connectivity index (χ0) is 28.9. The highest BCUT2D eigenvalue weighted by atomic mass is 32.2. The lowest BCUT2D eigenvalue weighted by Crippen LogP contribution is -2.05. The normalized spacial score (nSPS) is 11.5. The second kappa shape index (κ2) is 21.6. The molecule has 3 heteroatoms. The van der Waals surface area contributed by atoms with Crippen LogP contribution in [-0.4, -0.2) is 5.78 Å². The van der Waals surface area contributed by atoms with E-state index in [1.807, 2.05) is 6.07 Å². The van der Waals surface area contributed by atoms with Gasteiger partial charge in [-0.2, -0.15) is 0 Å². The van der Waals surface area contributed by atoms with Gasteiger partial charge in [0, 0.05) is 11.8 Å². The van der Waals surface area contributed by atoms with Crippen molar-refractivity contribution in [2.45, 2.75) is 112 Å². The molecule has 0 aliphatic rings. The summed E-state index contributed by atoms with van der Waals surface area (Å²) in [4.78, 5) is 12.3. The summed E-state index contributed by atoms with van der Waals surface area (Å²) >= 11 is 1.70. The number of hydrogen-bond acceptors (Lipinski definition) is 3. The molecule has 0 aliphatic heterocycles. The molecule has 0 aliphatic carbocycles. The molecule has 2 unspecified atom stereocenters. The van der Waals surface area contributed by atoms with Gasteiger partial charge in [-0.25, -0.2) is 0 Å². The highest BCUT2D eigenvalue weighted by Crippen LogP contribution is 2.24. The van der Waals surface area contributed by atoms with Crippen molar-refractivity contribution in [3.8, 4) is 0 Å². The molecule has 3 rings (SSSR count). The molecule has 3 aromatic rings. The number of rotatable bonds is 9. The number of aryl methyl sites for hydroxylation is 3. The summed E-state index contributed by atoms with van der Waals surface area (Å²) in [5.41, 5.74) is 3.93. The fourth-order valence-electron chi connectivity index (χ4n) is 3.38. The van der Waals surface area contributed by atoms with Gasteiger partial charge in [0.2, 0.25) is 0 Å². The second-order valence-corrected chi connectivity index (χ2v) is 11.3. The number of ketones is 1. The quantitative estimate of drug-likeness (QED) is 0.200. The number of carbonyl (C=O) groups excluding carboxylic acids is 1. The van der Waals surface area contributed by atoms with Gasteiger partial charge in [0.05, 0.1) is 5.75 Å². The number of carbonyl (C=O) groups is 1. The molecule has 2 atom stereocenters. The molecule has 212 valence electrons. The second-order valence-electron chi connectivity index (χ2n) is 10.2. The lowest BCUT2D eigenvalue weighted by molar-refractivity contribution is 0.0986. The Bertz CT molecular complexity index is 968. The third-order valence-electron chi connectivity index (χ3n) is 6.44. The standard InChI is InChI=1S/C14H14O2S.C9H20.C8H10.C4H10/c1-10-3-6-13(7-4-10)17-9-12-5-8-14(16-12)11(2)15;1-5-7-9(4)8(3)6-2;1-7-4-3-5-8(2)6-7;1-3-4-2/h3-8H,9H2,1-2H3;8-9H,5-7H2,1-4H3;3-6H,1-2H3;3-4H2,1-2H3. The first-order valence-corrected chi connectivity index (χ1v) is 15.4. The van der Waals surface area contributed by atoms with Crippen molar-refractivity contribution in [3.63, 3.8) is 0 Å². The van der Waals surface area contributed by atoms with Crippen LogP contribution >= 0.6 is 11.8 Å². The molecule has 0 saturated heterocycles. The van der Waals surface area contributed by atoms with Crippen LogP contribution in [-0.2, 0) is 5.75 Å². The molecule has 1 heterocycles. The minimum absolute atomic E-state index is 0.0309. The summed E-state index contributed by atoms with van der Waals surface area (Å²) in [7, 11) is 0. The van der Waals surface area contributed by atoms with E-state index < -0.39 is 0 Å². The van der Waals surface area contributed by atoms with E-state index in [9.17, 15) is 4.79 Å². The van der Waals surface area contributed by atoms with Gasteiger partial charge in [0.1, 0.15) is 5.76 Å². The Labute approximate surface area is 239 Å². The van der Waals surface area contributed by atoms with E-state index in [4.69, 9.17) is 4.42 Å². The predicted molar refractivity (Wildman–Crippen MR) is 169 cm³/mol. The van der Waals surface area contributed by atoms with Gasteiger partial charge in [-0.05, 0) is 56.9 Å². The molecule has 0 amide bonds. The minimum atomic E-state index is -0.0309. The maximum Gasteiger partial charge on any atom is 0.194 e. The highest BCUT2D eigenvalue weighted by molar-refractivity contribution is 7.98. The summed E-state index contributed by atoms with van der Waals surface area (Å²) in [5, 5.41) is 0. The van der Waals surface area contributed by atoms with Crippen molar-refractivity contribution in [1.29, 1.82) is 0 Å². The number of benzene rings is 2. The third-order valence-corrected chi connectivity index (χ3v) is 7.48. The first-order chi connectivity index (χ1) is 18.1. The smallest absolute Gasteiger partial charge is 0.194 e. The van der Waals surface area contributed by atoms with E-state index in [1.165, 1.54) is 60.6 Å². The van der Waals surface area contributed by atoms with Crippen molar-refractivity contribution < 1.29 is 9.21 Å². The zero-order valence-corrected chi connectivity index (χ0v) is 26.7. The van der Waals surface area contributed by atoms with Gasteiger partial charge in [-0.3, -0.25) is 4.79 Å². The summed E-state index contributed by atoms with van der Waals surface area (Å²) < 4.78 is 5.42. The lowest BCUT2D eigenvalue weighted by atomic mass is 9.90. The Morgan fingerprint density at radius 3 is 1.74 bits per heavy atom.